The molecule has 0 fully saturated rings. The summed E-state index contributed by atoms with van der Waals surface area (Å²) in [4.78, 5) is 4.26. The van der Waals surface area contributed by atoms with E-state index in [1.54, 1.807) is 0 Å². The first-order valence-corrected chi connectivity index (χ1v) is 7.11. The predicted octanol–water partition coefficient (Wildman–Crippen LogP) is 5.22. The first-order valence-electron chi connectivity index (χ1n) is 5.50. The zero-order chi connectivity index (χ0) is 14.3. The molecule has 2 aromatic carbocycles. The zero-order valence-electron chi connectivity index (χ0n) is 9.75. The molecule has 0 spiro atoms. The van der Waals surface area contributed by atoms with E-state index in [4.69, 9.17) is 0 Å². The second-order valence-corrected chi connectivity index (χ2v) is 5.95. The van der Waals surface area contributed by atoms with Crippen LogP contribution in [0.5, 0.6) is 0 Å². The average molecular weight is 359 g/mol. The Morgan fingerprint density at radius 2 is 1.75 bits per heavy atom. The van der Waals surface area contributed by atoms with E-state index in [2.05, 4.69) is 26.2 Å². The lowest BCUT2D eigenvalue weighted by molar-refractivity contribution is 0.496. The molecule has 1 N–H and O–H groups in total. The normalized spacial score (nSPS) is 11.0. The number of thiazole rings is 1. The van der Waals surface area contributed by atoms with Crippen molar-refractivity contribution in [3.63, 3.8) is 0 Å². The lowest BCUT2D eigenvalue weighted by atomic mass is 10.3. The maximum Gasteiger partial charge on any atom is 0.188 e. The molecule has 0 aliphatic heterocycles. The van der Waals surface area contributed by atoms with Gasteiger partial charge in [-0.05, 0) is 18.2 Å². The Kier molecular flexibility index (Phi) is 3.39. The molecule has 2 nitrogen and oxygen atoms in total. The van der Waals surface area contributed by atoms with Crippen LogP contribution in [-0.2, 0) is 0 Å². The predicted molar refractivity (Wildman–Crippen MR) is 76.9 cm³/mol. The first kappa shape index (κ1) is 13.4. The summed E-state index contributed by atoms with van der Waals surface area (Å²) in [5, 5.41) is 3.07. The van der Waals surface area contributed by atoms with Gasteiger partial charge in [0.05, 0.1) is 15.9 Å². The Labute approximate surface area is 124 Å². The van der Waals surface area contributed by atoms with Gasteiger partial charge in [0.1, 0.15) is 5.82 Å². The quantitative estimate of drug-likeness (QED) is 0.635. The van der Waals surface area contributed by atoms with Gasteiger partial charge in [0.2, 0.25) is 0 Å². The third kappa shape index (κ3) is 2.51. The second kappa shape index (κ2) is 5.06. The average Bonchev–Trinajstić information content (AvgIpc) is 2.77. The number of nitrogens with one attached hydrogen (secondary N) is 1. The van der Waals surface area contributed by atoms with Crippen molar-refractivity contribution in [3.8, 4) is 0 Å². The Balaban J connectivity index is 1.99. The maximum absolute atomic E-state index is 13.5. The fourth-order valence-electron chi connectivity index (χ4n) is 1.69. The molecule has 3 aromatic rings. The van der Waals surface area contributed by atoms with E-state index in [-0.39, 0.29) is 5.69 Å². The lowest BCUT2D eigenvalue weighted by Gasteiger charge is -2.04. The van der Waals surface area contributed by atoms with Crippen LogP contribution >= 0.6 is 27.3 Å². The SMILES string of the molecule is Fc1cc(F)c(Nc2nc3cc(Br)ccc3s2)cc1F. The van der Waals surface area contributed by atoms with E-state index < -0.39 is 17.5 Å². The van der Waals surface area contributed by atoms with Gasteiger partial charge in [0, 0.05) is 16.6 Å². The van der Waals surface area contributed by atoms with Crippen molar-refractivity contribution in [3.05, 3.63) is 52.3 Å². The highest BCUT2D eigenvalue weighted by Crippen LogP contribution is 2.31. The van der Waals surface area contributed by atoms with Crippen LogP contribution in [0.1, 0.15) is 0 Å². The van der Waals surface area contributed by atoms with Crippen LogP contribution in [0.25, 0.3) is 10.2 Å². The number of hydrogen-bond donors (Lipinski definition) is 1. The van der Waals surface area contributed by atoms with Gasteiger partial charge in [-0.25, -0.2) is 18.2 Å². The van der Waals surface area contributed by atoms with Crippen LogP contribution in [-0.4, -0.2) is 4.98 Å². The fourth-order valence-corrected chi connectivity index (χ4v) is 2.90. The Morgan fingerprint density at radius 3 is 2.55 bits per heavy atom. The molecule has 0 aliphatic carbocycles. The van der Waals surface area contributed by atoms with Gasteiger partial charge in [-0.3, -0.25) is 0 Å². The van der Waals surface area contributed by atoms with E-state index in [0.29, 0.717) is 11.2 Å². The zero-order valence-corrected chi connectivity index (χ0v) is 12.2. The molecule has 0 amide bonds. The van der Waals surface area contributed by atoms with Gasteiger partial charge >= 0.3 is 0 Å². The number of fused-ring (bicyclic) bond motifs is 1. The Bertz CT molecular complexity index is 804. The Morgan fingerprint density at radius 1 is 1.00 bits per heavy atom. The van der Waals surface area contributed by atoms with Gasteiger partial charge in [-0.2, -0.15) is 0 Å². The molecule has 1 heterocycles. The highest BCUT2D eigenvalue weighted by Gasteiger charge is 2.12. The highest BCUT2D eigenvalue weighted by atomic mass is 79.9. The number of anilines is 2. The molecule has 0 unspecified atom stereocenters. The molecule has 0 atom stereocenters. The van der Waals surface area contributed by atoms with E-state index in [1.165, 1.54) is 11.3 Å². The molecule has 3 rings (SSSR count). The summed E-state index contributed by atoms with van der Waals surface area (Å²) in [5.74, 6) is -3.21. The van der Waals surface area contributed by atoms with Crippen molar-refractivity contribution in [2.75, 3.05) is 5.32 Å². The topological polar surface area (TPSA) is 24.9 Å². The van der Waals surface area contributed by atoms with Gasteiger partial charge in [0.25, 0.3) is 0 Å². The number of rotatable bonds is 2. The molecule has 0 bridgehead atoms. The molecular formula is C13H6BrF3N2S. The summed E-state index contributed by atoms with van der Waals surface area (Å²) in [6.07, 6.45) is 0. The minimum atomic E-state index is -1.22. The first-order chi connectivity index (χ1) is 9.52. The van der Waals surface area contributed by atoms with Crippen molar-refractivity contribution in [2.45, 2.75) is 0 Å². The highest BCUT2D eigenvalue weighted by molar-refractivity contribution is 9.10. The van der Waals surface area contributed by atoms with Crippen molar-refractivity contribution in [1.82, 2.24) is 4.98 Å². The number of halogens is 4. The number of hydrogen-bond acceptors (Lipinski definition) is 3. The summed E-state index contributed by atoms with van der Waals surface area (Å²) < 4.78 is 41.3. The number of benzene rings is 2. The summed E-state index contributed by atoms with van der Waals surface area (Å²) in [6.45, 7) is 0. The molecule has 1 aromatic heterocycles. The molecule has 0 saturated carbocycles. The van der Waals surface area contributed by atoms with E-state index in [1.807, 2.05) is 18.2 Å². The van der Waals surface area contributed by atoms with Gasteiger partial charge in [0.15, 0.2) is 16.8 Å². The summed E-state index contributed by atoms with van der Waals surface area (Å²) in [5.41, 5.74) is 0.580. The van der Waals surface area contributed by atoms with E-state index in [0.717, 1.165) is 20.8 Å². The maximum atomic E-state index is 13.5. The molecule has 7 heteroatoms. The van der Waals surface area contributed by atoms with E-state index in [9.17, 15) is 13.2 Å². The minimum absolute atomic E-state index is 0.151. The molecule has 0 saturated heterocycles. The standard InChI is InChI=1S/C13H6BrF3N2S/c14-6-1-2-12-11(3-6)19-13(20-12)18-10-5-8(16)7(15)4-9(10)17/h1-5H,(H,18,19). The van der Waals surface area contributed by atoms with Crippen molar-refractivity contribution >= 4 is 48.3 Å². The van der Waals surface area contributed by atoms with Gasteiger partial charge in [-0.15, -0.1) is 0 Å². The van der Waals surface area contributed by atoms with Crippen molar-refractivity contribution in [1.29, 1.82) is 0 Å². The smallest absolute Gasteiger partial charge is 0.188 e. The molecule has 20 heavy (non-hydrogen) atoms. The molecule has 0 aliphatic rings. The molecular weight excluding hydrogens is 353 g/mol. The van der Waals surface area contributed by atoms with Crippen LogP contribution in [0.15, 0.2) is 34.8 Å². The van der Waals surface area contributed by atoms with Crippen LogP contribution in [0.3, 0.4) is 0 Å². The lowest BCUT2D eigenvalue weighted by Crippen LogP contribution is -1.96. The monoisotopic (exact) mass is 358 g/mol. The van der Waals surface area contributed by atoms with E-state index >= 15 is 0 Å². The fraction of sp³-hybridized carbons (Fsp3) is 0. The Hall–Kier alpha value is -1.60. The van der Waals surface area contributed by atoms with Gasteiger partial charge < -0.3 is 5.32 Å². The second-order valence-electron chi connectivity index (χ2n) is 4.00. The molecule has 0 radical (unpaired) electrons. The van der Waals surface area contributed by atoms with Crippen LogP contribution in [0.2, 0.25) is 0 Å². The van der Waals surface area contributed by atoms with Crippen molar-refractivity contribution in [2.24, 2.45) is 0 Å². The van der Waals surface area contributed by atoms with Crippen LogP contribution in [0.4, 0.5) is 24.0 Å². The largest absolute Gasteiger partial charge is 0.329 e. The minimum Gasteiger partial charge on any atom is -0.329 e. The van der Waals surface area contributed by atoms with Crippen molar-refractivity contribution < 1.29 is 13.2 Å². The van der Waals surface area contributed by atoms with Crippen LogP contribution < -0.4 is 5.32 Å². The third-order valence-corrected chi connectivity index (χ3v) is 4.05. The third-order valence-electron chi connectivity index (χ3n) is 2.60. The number of nitrogens with zero attached hydrogens (tertiary/aromatic N) is 1. The van der Waals surface area contributed by atoms with Crippen LogP contribution in [0, 0.1) is 17.5 Å². The number of aromatic nitrogens is 1. The summed E-state index contributed by atoms with van der Waals surface area (Å²) >= 11 is 4.62. The van der Waals surface area contributed by atoms with Gasteiger partial charge in [-0.1, -0.05) is 27.3 Å². The summed E-state index contributed by atoms with van der Waals surface area (Å²) in [6, 6.07) is 6.82. The summed E-state index contributed by atoms with van der Waals surface area (Å²) in [7, 11) is 0. The molecule has 102 valence electrons.